The molecule has 5 nitrogen and oxygen atoms in total. The summed E-state index contributed by atoms with van der Waals surface area (Å²) < 4.78 is 3.11. The average molecular weight is 471 g/mol. The summed E-state index contributed by atoms with van der Waals surface area (Å²) in [5.74, 6) is 1.19. The SMILES string of the molecule is CCn1c(SCC(=O)NC2(c3ccc(Br)cc3)CC2)nnc1-c1cccc(C)c1. The number of nitrogens with zero attached hydrogens (tertiary/aromatic N) is 3. The molecule has 4 rings (SSSR count). The van der Waals surface area contributed by atoms with E-state index in [4.69, 9.17) is 0 Å². The number of aryl methyl sites for hydroxylation is 1. The van der Waals surface area contributed by atoms with Crippen molar-refractivity contribution in [3.63, 3.8) is 0 Å². The lowest BCUT2D eigenvalue weighted by molar-refractivity contribution is -0.119. The van der Waals surface area contributed by atoms with Crippen molar-refractivity contribution >= 4 is 33.6 Å². The Morgan fingerprint density at radius 1 is 1.21 bits per heavy atom. The first-order valence-electron chi connectivity index (χ1n) is 9.71. The summed E-state index contributed by atoms with van der Waals surface area (Å²) in [5.41, 5.74) is 3.19. The van der Waals surface area contributed by atoms with Crippen LogP contribution in [0.5, 0.6) is 0 Å². The summed E-state index contributed by atoms with van der Waals surface area (Å²) in [6.45, 7) is 4.89. The van der Waals surface area contributed by atoms with Crippen LogP contribution in [0, 0.1) is 6.92 Å². The van der Waals surface area contributed by atoms with E-state index in [-0.39, 0.29) is 11.4 Å². The fraction of sp³-hybridized carbons (Fsp3) is 0.318. The van der Waals surface area contributed by atoms with Crippen molar-refractivity contribution in [1.82, 2.24) is 20.1 Å². The van der Waals surface area contributed by atoms with Crippen molar-refractivity contribution in [2.45, 2.75) is 43.9 Å². The summed E-state index contributed by atoms with van der Waals surface area (Å²) in [6, 6.07) is 16.4. The summed E-state index contributed by atoms with van der Waals surface area (Å²) in [6.07, 6.45) is 1.96. The number of amides is 1. The van der Waals surface area contributed by atoms with Crippen molar-refractivity contribution in [1.29, 1.82) is 0 Å². The van der Waals surface area contributed by atoms with Gasteiger partial charge in [0.15, 0.2) is 11.0 Å². The van der Waals surface area contributed by atoms with E-state index in [9.17, 15) is 4.79 Å². The molecular formula is C22H23BrN4OS. The number of nitrogens with one attached hydrogen (secondary N) is 1. The number of carbonyl (C=O) groups is 1. The van der Waals surface area contributed by atoms with Crippen LogP contribution < -0.4 is 5.32 Å². The Balaban J connectivity index is 1.43. The maximum atomic E-state index is 12.6. The lowest BCUT2D eigenvalue weighted by Gasteiger charge is -2.18. The molecule has 1 aliphatic carbocycles. The lowest BCUT2D eigenvalue weighted by atomic mass is 10.1. The molecule has 0 radical (unpaired) electrons. The Kier molecular flexibility index (Phi) is 5.79. The normalized spacial score (nSPS) is 14.6. The van der Waals surface area contributed by atoms with Crippen LogP contribution in [0.2, 0.25) is 0 Å². The maximum Gasteiger partial charge on any atom is 0.231 e. The van der Waals surface area contributed by atoms with E-state index in [0.717, 1.165) is 46.0 Å². The van der Waals surface area contributed by atoms with E-state index >= 15 is 0 Å². The standard InChI is InChI=1S/C22H23BrN4OS/c1-3-27-20(16-6-4-5-15(2)13-16)25-26-21(27)29-14-19(28)24-22(11-12-22)17-7-9-18(23)10-8-17/h4-10,13H,3,11-12,14H2,1-2H3,(H,24,28). The number of benzene rings is 2. The highest BCUT2D eigenvalue weighted by molar-refractivity contribution is 9.10. The monoisotopic (exact) mass is 470 g/mol. The molecule has 1 aromatic heterocycles. The van der Waals surface area contributed by atoms with E-state index in [2.05, 4.69) is 74.1 Å². The fourth-order valence-electron chi connectivity index (χ4n) is 3.49. The molecule has 0 saturated heterocycles. The van der Waals surface area contributed by atoms with Gasteiger partial charge in [0.25, 0.3) is 0 Å². The molecule has 1 saturated carbocycles. The topological polar surface area (TPSA) is 59.8 Å². The molecule has 0 unspecified atom stereocenters. The third-order valence-electron chi connectivity index (χ3n) is 5.17. The predicted octanol–water partition coefficient (Wildman–Crippen LogP) is 4.93. The van der Waals surface area contributed by atoms with Crippen molar-refractivity contribution in [3.8, 4) is 11.4 Å². The quantitative estimate of drug-likeness (QED) is 0.497. The van der Waals surface area contributed by atoms with Crippen LogP contribution in [-0.4, -0.2) is 26.4 Å². The van der Waals surface area contributed by atoms with E-state index in [1.54, 1.807) is 0 Å². The van der Waals surface area contributed by atoms with Gasteiger partial charge in [-0.25, -0.2) is 0 Å². The van der Waals surface area contributed by atoms with Crippen LogP contribution >= 0.6 is 27.7 Å². The first kappa shape index (κ1) is 20.2. The van der Waals surface area contributed by atoms with Gasteiger partial charge >= 0.3 is 0 Å². The van der Waals surface area contributed by atoms with Crippen LogP contribution in [0.4, 0.5) is 0 Å². The molecular weight excluding hydrogens is 448 g/mol. The number of hydrogen-bond acceptors (Lipinski definition) is 4. The third kappa shape index (κ3) is 4.41. The van der Waals surface area contributed by atoms with E-state index in [0.29, 0.717) is 5.75 Å². The highest BCUT2D eigenvalue weighted by Crippen LogP contribution is 2.45. The van der Waals surface area contributed by atoms with Crippen LogP contribution in [0.15, 0.2) is 58.2 Å². The van der Waals surface area contributed by atoms with Gasteiger partial charge in [-0.15, -0.1) is 10.2 Å². The van der Waals surface area contributed by atoms with Crippen molar-refractivity contribution in [2.24, 2.45) is 0 Å². The molecule has 7 heteroatoms. The molecule has 3 aromatic rings. The Morgan fingerprint density at radius 2 is 1.97 bits per heavy atom. The number of halogens is 1. The smallest absolute Gasteiger partial charge is 0.231 e. The summed E-state index contributed by atoms with van der Waals surface area (Å²) in [5, 5.41) is 12.7. The molecule has 0 spiro atoms. The summed E-state index contributed by atoms with van der Waals surface area (Å²) in [4.78, 5) is 12.6. The van der Waals surface area contributed by atoms with E-state index in [1.807, 2.05) is 24.3 Å². The fourth-order valence-corrected chi connectivity index (χ4v) is 4.56. The van der Waals surface area contributed by atoms with Crippen LogP contribution in [0.3, 0.4) is 0 Å². The number of hydrogen-bond donors (Lipinski definition) is 1. The van der Waals surface area contributed by atoms with Gasteiger partial charge in [-0.2, -0.15) is 0 Å². The summed E-state index contributed by atoms with van der Waals surface area (Å²) >= 11 is 4.90. The molecule has 1 amide bonds. The minimum atomic E-state index is -0.205. The molecule has 150 valence electrons. The molecule has 2 aromatic carbocycles. The highest BCUT2D eigenvalue weighted by atomic mass is 79.9. The Hall–Kier alpha value is -2.12. The highest BCUT2D eigenvalue weighted by Gasteiger charge is 2.45. The lowest BCUT2D eigenvalue weighted by Crippen LogP contribution is -2.36. The zero-order chi connectivity index (χ0) is 20.4. The Morgan fingerprint density at radius 3 is 2.62 bits per heavy atom. The number of thioether (sulfide) groups is 1. The van der Waals surface area contributed by atoms with Gasteiger partial charge in [-0.1, -0.05) is 63.6 Å². The van der Waals surface area contributed by atoms with E-state index in [1.165, 1.54) is 17.3 Å². The first-order chi connectivity index (χ1) is 14.0. The maximum absolute atomic E-state index is 12.6. The van der Waals surface area contributed by atoms with Gasteiger partial charge in [0.2, 0.25) is 5.91 Å². The number of rotatable bonds is 7. The zero-order valence-electron chi connectivity index (χ0n) is 16.5. The van der Waals surface area contributed by atoms with Gasteiger partial charge < -0.3 is 9.88 Å². The van der Waals surface area contributed by atoms with Crippen LogP contribution in [0.1, 0.15) is 30.9 Å². The second kappa shape index (κ2) is 8.32. The molecule has 29 heavy (non-hydrogen) atoms. The molecule has 0 atom stereocenters. The van der Waals surface area contributed by atoms with Gasteiger partial charge in [0, 0.05) is 16.6 Å². The van der Waals surface area contributed by atoms with Crippen molar-refractivity contribution in [2.75, 3.05) is 5.75 Å². The first-order valence-corrected chi connectivity index (χ1v) is 11.5. The second-order valence-corrected chi connectivity index (χ2v) is 9.20. The molecule has 0 aliphatic heterocycles. The molecule has 1 heterocycles. The molecule has 1 aliphatic rings. The minimum Gasteiger partial charge on any atom is -0.346 e. The van der Waals surface area contributed by atoms with E-state index < -0.39 is 0 Å². The van der Waals surface area contributed by atoms with Gasteiger partial charge in [0.1, 0.15) is 0 Å². The molecule has 1 fully saturated rings. The zero-order valence-corrected chi connectivity index (χ0v) is 18.9. The third-order valence-corrected chi connectivity index (χ3v) is 6.66. The number of aromatic nitrogens is 3. The molecule has 1 N–H and O–H groups in total. The second-order valence-electron chi connectivity index (χ2n) is 7.35. The van der Waals surface area contributed by atoms with Crippen LogP contribution in [0.25, 0.3) is 11.4 Å². The van der Waals surface area contributed by atoms with Crippen molar-refractivity contribution in [3.05, 3.63) is 64.1 Å². The van der Waals surface area contributed by atoms with Crippen molar-refractivity contribution < 1.29 is 4.79 Å². The summed E-state index contributed by atoms with van der Waals surface area (Å²) in [7, 11) is 0. The largest absolute Gasteiger partial charge is 0.346 e. The molecule has 0 bridgehead atoms. The van der Waals surface area contributed by atoms with Gasteiger partial charge in [0.05, 0.1) is 11.3 Å². The minimum absolute atomic E-state index is 0.0261. The average Bonchev–Trinajstić information content (AvgIpc) is 3.36. The van der Waals surface area contributed by atoms with Gasteiger partial charge in [-0.05, 0) is 50.5 Å². The van der Waals surface area contributed by atoms with Gasteiger partial charge in [-0.3, -0.25) is 4.79 Å². The Labute approximate surface area is 183 Å². The predicted molar refractivity (Wildman–Crippen MR) is 120 cm³/mol. The van der Waals surface area contributed by atoms with Crippen LogP contribution in [-0.2, 0) is 16.9 Å². The number of carbonyl (C=O) groups excluding carboxylic acids is 1. The Bertz CT molecular complexity index is 1030.